The number of carbonyl (C=O) groups is 2. The van der Waals surface area contributed by atoms with Gasteiger partial charge in [-0.1, -0.05) is 44.2 Å². The maximum Gasteiger partial charge on any atom is 0.268 e. The van der Waals surface area contributed by atoms with Gasteiger partial charge in [0.15, 0.2) is 0 Å². The molecule has 3 aromatic rings. The van der Waals surface area contributed by atoms with Gasteiger partial charge in [0.2, 0.25) is 0 Å². The van der Waals surface area contributed by atoms with Crippen LogP contribution in [0.25, 0.3) is 16.5 Å². The molecule has 1 aromatic heterocycles. The van der Waals surface area contributed by atoms with Crippen LogP contribution in [-0.2, 0) is 23.1 Å². The van der Waals surface area contributed by atoms with E-state index in [0.29, 0.717) is 29.0 Å². The van der Waals surface area contributed by atoms with Crippen molar-refractivity contribution >= 4 is 40.1 Å². The van der Waals surface area contributed by atoms with Crippen LogP contribution in [0.1, 0.15) is 25.0 Å². The minimum Gasteiger partial charge on any atom is -0.350 e. The molecular weight excluding hydrogens is 399 g/mol. The summed E-state index contributed by atoms with van der Waals surface area (Å²) in [4.78, 5) is 28.1. The van der Waals surface area contributed by atoms with Crippen molar-refractivity contribution in [3.8, 4) is 0 Å². The van der Waals surface area contributed by atoms with E-state index in [1.165, 1.54) is 28.8 Å². The number of thioether (sulfide) groups is 1. The second kappa shape index (κ2) is 8.11. The summed E-state index contributed by atoms with van der Waals surface area (Å²) in [5.74, 6) is -0.949. The van der Waals surface area contributed by atoms with E-state index in [4.69, 9.17) is 0 Å². The van der Waals surface area contributed by atoms with E-state index in [9.17, 15) is 14.0 Å². The minimum atomic E-state index is -0.373. The second-order valence-corrected chi connectivity index (χ2v) is 9.26. The summed E-state index contributed by atoms with van der Waals surface area (Å²) < 4.78 is 15.4. The van der Waals surface area contributed by atoms with Crippen LogP contribution in [0.3, 0.4) is 0 Å². The third-order valence-corrected chi connectivity index (χ3v) is 6.28. The SMILES string of the molecule is CC(C)SC1=C(c2ccc(F)cc2)C(=O)N(CCc2cn(C)c3ccccc23)C1=O. The zero-order valence-corrected chi connectivity index (χ0v) is 18.0. The highest BCUT2D eigenvalue weighted by atomic mass is 32.2. The van der Waals surface area contributed by atoms with Crippen LogP contribution in [-0.4, -0.2) is 33.1 Å². The molecule has 0 radical (unpaired) electrons. The Kier molecular flexibility index (Phi) is 5.52. The van der Waals surface area contributed by atoms with Crippen LogP contribution in [0.15, 0.2) is 59.6 Å². The van der Waals surface area contributed by atoms with E-state index in [2.05, 4.69) is 16.7 Å². The Balaban J connectivity index is 1.63. The molecule has 0 atom stereocenters. The highest BCUT2D eigenvalue weighted by Gasteiger charge is 2.39. The first-order valence-corrected chi connectivity index (χ1v) is 10.8. The van der Waals surface area contributed by atoms with E-state index in [0.717, 1.165) is 16.5 Å². The first-order chi connectivity index (χ1) is 14.4. The molecule has 2 amide bonds. The molecular formula is C24H23FN2O2S. The Hall–Kier alpha value is -2.86. The molecule has 0 unspecified atom stereocenters. The molecule has 154 valence electrons. The number of para-hydroxylation sites is 1. The molecule has 2 aromatic carbocycles. The van der Waals surface area contributed by atoms with Gasteiger partial charge >= 0.3 is 0 Å². The van der Waals surface area contributed by atoms with Crippen LogP contribution >= 0.6 is 11.8 Å². The molecule has 0 N–H and O–H groups in total. The van der Waals surface area contributed by atoms with Crippen molar-refractivity contribution in [1.82, 2.24) is 9.47 Å². The Labute approximate surface area is 179 Å². The number of rotatable bonds is 6. The lowest BCUT2D eigenvalue weighted by Gasteiger charge is -2.15. The van der Waals surface area contributed by atoms with Crippen molar-refractivity contribution in [2.75, 3.05) is 6.54 Å². The molecule has 0 fully saturated rings. The summed E-state index contributed by atoms with van der Waals surface area (Å²) >= 11 is 1.38. The summed E-state index contributed by atoms with van der Waals surface area (Å²) in [7, 11) is 1.99. The molecule has 0 saturated heterocycles. The number of nitrogens with zero attached hydrogens (tertiary/aromatic N) is 2. The van der Waals surface area contributed by atoms with Crippen molar-refractivity contribution in [1.29, 1.82) is 0 Å². The molecule has 0 aliphatic carbocycles. The van der Waals surface area contributed by atoms with Gasteiger partial charge in [-0.05, 0) is 35.7 Å². The summed E-state index contributed by atoms with van der Waals surface area (Å²) in [5.41, 5.74) is 3.16. The average molecular weight is 423 g/mol. The molecule has 2 heterocycles. The van der Waals surface area contributed by atoms with Gasteiger partial charge in [0.25, 0.3) is 11.8 Å². The lowest BCUT2D eigenvalue weighted by molar-refractivity contribution is -0.136. The monoisotopic (exact) mass is 422 g/mol. The number of hydrogen-bond donors (Lipinski definition) is 0. The van der Waals surface area contributed by atoms with Gasteiger partial charge in [-0.2, -0.15) is 0 Å². The van der Waals surface area contributed by atoms with Crippen LogP contribution in [0.4, 0.5) is 4.39 Å². The minimum absolute atomic E-state index is 0.144. The molecule has 0 bridgehead atoms. The van der Waals surface area contributed by atoms with E-state index in [1.54, 1.807) is 12.1 Å². The number of amides is 2. The van der Waals surface area contributed by atoms with Crippen molar-refractivity contribution in [3.05, 3.63) is 76.6 Å². The Morgan fingerprint density at radius 2 is 1.70 bits per heavy atom. The summed E-state index contributed by atoms with van der Waals surface area (Å²) in [6.07, 6.45) is 2.63. The summed E-state index contributed by atoms with van der Waals surface area (Å²) in [6.45, 7) is 4.27. The number of aromatic nitrogens is 1. The predicted molar refractivity (Wildman–Crippen MR) is 119 cm³/mol. The Morgan fingerprint density at radius 1 is 1.00 bits per heavy atom. The molecule has 30 heavy (non-hydrogen) atoms. The number of fused-ring (bicyclic) bond motifs is 1. The van der Waals surface area contributed by atoms with Gasteiger partial charge in [-0.15, -0.1) is 11.8 Å². The predicted octanol–water partition coefficient (Wildman–Crippen LogP) is 4.78. The number of carbonyl (C=O) groups excluding carboxylic acids is 2. The Bertz CT molecular complexity index is 1160. The fourth-order valence-corrected chi connectivity index (χ4v) is 4.84. The van der Waals surface area contributed by atoms with Gasteiger partial charge in [-0.25, -0.2) is 4.39 Å². The molecule has 4 nitrogen and oxygen atoms in total. The zero-order valence-electron chi connectivity index (χ0n) is 17.2. The molecule has 1 aliphatic rings. The van der Waals surface area contributed by atoms with Gasteiger partial charge in [0.05, 0.1) is 10.5 Å². The quantitative estimate of drug-likeness (QED) is 0.537. The summed E-state index contributed by atoms with van der Waals surface area (Å²) in [6, 6.07) is 13.8. The van der Waals surface area contributed by atoms with Crippen LogP contribution in [0.5, 0.6) is 0 Å². The highest BCUT2D eigenvalue weighted by Crippen LogP contribution is 2.38. The van der Waals surface area contributed by atoms with Gasteiger partial charge in [0, 0.05) is 35.9 Å². The smallest absolute Gasteiger partial charge is 0.268 e. The lowest BCUT2D eigenvalue weighted by atomic mass is 10.1. The number of aryl methyl sites for hydroxylation is 1. The van der Waals surface area contributed by atoms with E-state index in [1.807, 2.05) is 39.2 Å². The molecule has 0 saturated carbocycles. The number of imide groups is 1. The van der Waals surface area contributed by atoms with Gasteiger partial charge in [0.1, 0.15) is 5.82 Å². The maximum absolute atomic E-state index is 13.4. The van der Waals surface area contributed by atoms with E-state index in [-0.39, 0.29) is 22.9 Å². The van der Waals surface area contributed by atoms with Crippen LogP contribution in [0, 0.1) is 5.82 Å². The number of benzene rings is 2. The molecule has 0 spiro atoms. The first-order valence-electron chi connectivity index (χ1n) is 9.93. The molecule has 6 heteroatoms. The topological polar surface area (TPSA) is 42.3 Å². The zero-order chi connectivity index (χ0) is 21.4. The van der Waals surface area contributed by atoms with Crippen molar-refractivity contribution in [2.45, 2.75) is 25.5 Å². The summed E-state index contributed by atoms with van der Waals surface area (Å²) in [5, 5.41) is 1.27. The highest BCUT2D eigenvalue weighted by molar-refractivity contribution is 8.04. The molecule has 1 aliphatic heterocycles. The van der Waals surface area contributed by atoms with E-state index < -0.39 is 0 Å². The number of hydrogen-bond acceptors (Lipinski definition) is 3. The molecule has 4 rings (SSSR count). The lowest BCUT2D eigenvalue weighted by Crippen LogP contribution is -2.33. The second-order valence-electron chi connectivity index (χ2n) is 7.67. The van der Waals surface area contributed by atoms with Crippen molar-refractivity contribution < 1.29 is 14.0 Å². The first kappa shape index (κ1) is 20.4. The number of halogens is 1. The van der Waals surface area contributed by atoms with Gasteiger partial charge < -0.3 is 4.57 Å². The Morgan fingerprint density at radius 3 is 2.40 bits per heavy atom. The van der Waals surface area contributed by atoms with E-state index >= 15 is 0 Å². The van der Waals surface area contributed by atoms with Crippen molar-refractivity contribution in [2.24, 2.45) is 7.05 Å². The van der Waals surface area contributed by atoms with Crippen molar-refractivity contribution in [3.63, 3.8) is 0 Å². The fraction of sp³-hybridized carbons (Fsp3) is 0.250. The average Bonchev–Trinajstić information content (AvgIpc) is 3.15. The van der Waals surface area contributed by atoms with Crippen LogP contribution in [0.2, 0.25) is 0 Å². The third-order valence-electron chi connectivity index (χ3n) is 5.20. The fourth-order valence-electron chi connectivity index (χ4n) is 3.83. The van der Waals surface area contributed by atoms with Gasteiger partial charge in [-0.3, -0.25) is 14.5 Å². The maximum atomic E-state index is 13.4. The standard InChI is InChI=1S/C24H23FN2O2S/c1-15(2)30-22-21(16-8-10-18(25)11-9-16)23(28)27(24(22)29)13-12-17-14-26(3)20-7-5-4-6-19(17)20/h4-11,14-15H,12-13H2,1-3H3. The largest absolute Gasteiger partial charge is 0.350 e. The normalized spacial score (nSPS) is 14.6. The third kappa shape index (κ3) is 3.67. The van der Waals surface area contributed by atoms with Crippen LogP contribution < -0.4 is 0 Å².